The van der Waals surface area contributed by atoms with Gasteiger partial charge in [-0.2, -0.15) is 5.10 Å². The second kappa shape index (κ2) is 8.14. The molecule has 1 aromatic rings. The Morgan fingerprint density at radius 1 is 1.27 bits per heavy atom. The number of aromatic hydroxyl groups is 1. The van der Waals surface area contributed by atoms with Crippen molar-refractivity contribution in [3.05, 3.63) is 28.8 Å². The lowest BCUT2D eigenvalue weighted by Gasteiger charge is -2.14. The SMILES string of the molecule is CC(=O)N/N=C\c1cc(C(C)C)cc(CNNC(C)=O)c1O. The van der Waals surface area contributed by atoms with Gasteiger partial charge in [0.2, 0.25) is 11.8 Å². The molecule has 0 aliphatic rings. The van der Waals surface area contributed by atoms with Crippen LogP contribution >= 0.6 is 0 Å². The molecule has 22 heavy (non-hydrogen) atoms. The molecule has 0 spiro atoms. The highest BCUT2D eigenvalue weighted by Gasteiger charge is 2.11. The van der Waals surface area contributed by atoms with Crippen LogP contribution in [0.25, 0.3) is 0 Å². The topological polar surface area (TPSA) is 103 Å². The third-order valence-corrected chi connectivity index (χ3v) is 2.88. The van der Waals surface area contributed by atoms with Gasteiger partial charge < -0.3 is 5.11 Å². The molecule has 120 valence electrons. The van der Waals surface area contributed by atoms with Gasteiger partial charge in [-0.05, 0) is 17.5 Å². The molecular weight excluding hydrogens is 284 g/mol. The second-order valence-electron chi connectivity index (χ2n) is 5.23. The maximum atomic E-state index is 10.9. The van der Waals surface area contributed by atoms with Crippen LogP contribution in [0.5, 0.6) is 5.75 Å². The van der Waals surface area contributed by atoms with Crippen LogP contribution in [-0.4, -0.2) is 23.1 Å². The summed E-state index contributed by atoms with van der Waals surface area (Å²) >= 11 is 0. The maximum Gasteiger partial charge on any atom is 0.236 e. The van der Waals surface area contributed by atoms with E-state index in [1.54, 1.807) is 0 Å². The Labute approximate surface area is 129 Å². The first-order valence-electron chi connectivity index (χ1n) is 6.96. The van der Waals surface area contributed by atoms with E-state index in [9.17, 15) is 14.7 Å². The molecule has 0 bridgehead atoms. The molecule has 0 atom stereocenters. The van der Waals surface area contributed by atoms with Gasteiger partial charge in [0.05, 0.1) is 6.21 Å². The van der Waals surface area contributed by atoms with Gasteiger partial charge in [0.15, 0.2) is 0 Å². The summed E-state index contributed by atoms with van der Waals surface area (Å²) < 4.78 is 0. The fraction of sp³-hybridized carbons (Fsp3) is 0.400. The Balaban J connectivity index is 3.04. The second-order valence-corrected chi connectivity index (χ2v) is 5.23. The Bertz CT molecular complexity index is 582. The van der Waals surface area contributed by atoms with Gasteiger partial charge in [-0.25, -0.2) is 10.9 Å². The molecule has 0 unspecified atom stereocenters. The zero-order valence-electron chi connectivity index (χ0n) is 13.2. The average Bonchev–Trinajstić information content (AvgIpc) is 2.41. The van der Waals surface area contributed by atoms with Crippen molar-refractivity contribution in [1.82, 2.24) is 16.3 Å². The molecule has 2 amide bonds. The minimum Gasteiger partial charge on any atom is -0.507 e. The first kappa shape index (κ1) is 17.6. The van der Waals surface area contributed by atoms with Crippen LogP contribution in [0.2, 0.25) is 0 Å². The van der Waals surface area contributed by atoms with E-state index >= 15 is 0 Å². The van der Waals surface area contributed by atoms with Gasteiger partial charge >= 0.3 is 0 Å². The van der Waals surface area contributed by atoms with Crippen molar-refractivity contribution >= 4 is 18.0 Å². The summed E-state index contributed by atoms with van der Waals surface area (Å²) in [6.45, 7) is 7.08. The molecule has 0 heterocycles. The Hall–Kier alpha value is -2.41. The molecule has 4 N–H and O–H groups in total. The van der Waals surface area contributed by atoms with E-state index in [0.717, 1.165) is 5.56 Å². The molecule has 0 saturated heterocycles. The van der Waals surface area contributed by atoms with Crippen LogP contribution in [0.15, 0.2) is 17.2 Å². The Morgan fingerprint density at radius 3 is 2.50 bits per heavy atom. The van der Waals surface area contributed by atoms with Gasteiger partial charge in [-0.1, -0.05) is 19.9 Å². The van der Waals surface area contributed by atoms with E-state index in [-0.39, 0.29) is 30.0 Å². The van der Waals surface area contributed by atoms with Gasteiger partial charge in [-0.3, -0.25) is 15.0 Å². The quantitative estimate of drug-likeness (QED) is 0.467. The molecule has 1 rings (SSSR count). The molecule has 0 radical (unpaired) electrons. The summed E-state index contributed by atoms with van der Waals surface area (Å²) in [7, 11) is 0. The highest BCUT2D eigenvalue weighted by Crippen LogP contribution is 2.27. The van der Waals surface area contributed by atoms with Crippen molar-refractivity contribution in [2.24, 2.45) is 5.10 Å². The number of hydrazone groups is 1. The largest absolute Gasteiger partial charge is 0.507 e. The minimum absolute atomic E-state index is 0.0522. The van der Waals surface area contributed by atoms with Crippen LogP contribution in [0.1, 0.15) is 50.3 Å². The van der Waals surface area contributed by atoms with Crippen molar-refractivity contribution in [3.8, 4) is 5.75 Å². The van der Waals surface area contributed by atoms with E-state index in [4.69, 9.17) is 0 Å². The summed E-state index contributed by atoms with van der Waals surface area (Å²) in [5, 5.41) is 14.0. The molecule has 0 aliphatic heterocycles. The van der Waals surface area contributed by atoms with Gasteiger partial charge in [0, 0.05) is 31.5 Å². The average molecular weight is 306 g/mol. The number of hydrogen-bond donors (Lipinski definition) is 4. The number of hydrazine groups is 1. The lowest BCUT2D eigenvalue weighted by molar-refractivity contribution is -0.120. The number of nitrogens with zero attached hydrogens (tertiary/aromatic N) is 1. The summed E-state index contributed by atoms with van der Waals surface area (Å²) in [5.74, 6) is -0.195. The van der Waals surface area contributed by atoms with Gasteiger partial charge in [0.1, 0.15) is 5.75 Å². The summed E-state index contributed by atoms with van der Waals surface area (Å²) in [6, 6.07) is 3.68. The fourth-order valence-corrected chi connectivity index (χ4v) is 1.77. The van der Waals surface area contributed by atoms with Gasteiger partial charge in [-0.15, -0.1) is 0 Å². The number of rotatable bonds is 6. The monoisotopic (exact) mass is 306 g/mol. The number of carbonyl (C=O) groups excluding carboxylic acids is 2. The van der Waals surface area contributed by atoms with E-state index in [0.29, 0.717) is 11.1 Å². The van der Waals surface area contributed by atoms with Crippen molar-refractivity contribution in [2.45, 2.75) is 40.2 Å². The van der Waals surface area contributed by atoms with E-state index in [1.807, 2.05) is 26.0 Å². The molecule has 0 aliphatic carbocycles. The van der Waals surface area contributed by atoms with Crippen LogP contribution in [-0.2, 0) is 16.1 Å². The summed E-state index contributed by atoms with van der Waals surface area (Å²) in [6.07, 6.45) is 1.39. The summed E-state index contributed by atoms with van der Waals surface area (Å²) in [4.78, 5) is 21.7. The predicted octanol–water partition coefficient (Wildman–Crippen LogP) is 1.13. The highest BCUT2D eigenvalue weighted by atomic mass is 16.3. The van der Waals surface area contributed by atoms with Crippen LogP contribution in [0.3, 0.4) is 0 Å². The Morgan fingerprint density at radius 2 is 1.95 bits per heavy atom. The first-order chi connectivity index (χ1) is 10.3. The fourth-order valence-electron chi connectivity index (χ4n) is 1.77. The van der Waals surface area contributed by atoms with Crippen molar-refractivity contribution < 1.29 is 14.7 Å². The third kappa shape index (κ3) is 5.53. The molecule has 7 nitrogen and oxygen atoms in total. The normalized spacial score (nSPS) is 11.0. The third-order valence-electron chi connectivity index (χ3n) is 2.88. The number of carbonyl (C=O) groups is 2. The smallest absolute Gasteiger partial charge is 0.236 e. The van der Waals surface area contributed by atoms with Crippen LogP contribution in [0.4, 0.5) is 0 Å². The summed E-state index contributed by atoms with van der Waals surface area (Å²) in [5.41, 5.74) is 9.63. The number of nitrogens with one attached hydrogen (secondary N) is 3. The molecule has 0 aromatic heterocycles. The van der Waals surface area contributed by atoms with Gasteiger partial charge in [0.25, 0.3) is 0 Å². The van der Waals surface area contributed by atoms with Crippen molar-refractivity contribution in [1.29, 1.82) is 0 Å². The minimum atomic E-state index is -0.289. The zero-order chi connectivity index (χ0) is 16.7. The predicted molar refractivity (Wildman–Crippen MR) is 84.3 cm³/mol. The number of hydrogen-bond acceptors (Lipinski definition) is 5. The van der Waals surface area contributed by atoms with E-state index in [2.05, 4.69) is 21.4 Å². The van der Waals surface area contributed by atoms with Crippen LogP contribution < -0.4 is 16.3 Å². The molecule has 1 aromatic carbocycles. The molecule has 7 heteroatoms. The molecule has 0 saturated carbocycles. The van der Waals surface area contributed by atoms with E-state index < -0.39 is 0 Å². The molecule has 0 fully saturated rings. The first-order valence-corrected chi connectivity index (χ1v) is 6.96. The Kier molecular flexibility index (Phi) is 6.52. The van der Waals surface area contributed by atoms with E-state index in [1.165, 1.54) is 20.1 Å². The molecular formula is C15H22N4O3. The highest BCUT2D eigenvalue weighted by molar-refractivity contribution is 5.85. The maximum absolute atomic E-state index is 10.9. The number of phenolic OH excluding ortho intramolecular Hbond substituents is 1. The lowest BCUT2D eigenvalue weighted by Crippen LogP contribution is -2.35. The standard InChI is InChI=1S/C15H22N4O3/c1-9(2)12-5-13(7-16-18-10(3)20)15(22)14(6-12)8-17-19-11(4)21/h5-7,9,17,22H,8H2,1-4H3,(H,18,20)(H,19,21)/b16-7-. The van der Waals surface area contributed by atoms with Crippen LogP contribution in [0, 0.1) is 0 Å². The van der Waals surface area contributed by atoms with Crippen molar-refractivity contribution in [2.75, 3.05) is 0 Å². The number of amides is 2. The number of phenols is 1. The lowest BCUT2D eigenvalue weighted by atomic mass is 9.97. The zero-order valence-corrected chi connectivity index (χ0v) is 13.2. The number of benzene rings is 1. The van der Waals surface area contributed by atoms with Crippen molar-refractivity contribution in [3.63, 3.8) is 0 Å².